The first-order valence-electron chi connectivity index (χ1n) is 8.30. The maximum atomic E-state index is 12.3. The van der Waals surface area contributed by atoms with Crippen molar-refractivity contribution in [2.24, 2.45) is 0 Å². The van der Waals surface area contributed by atoms with E-state index in [2.05, 4.69) is 11.4 Å². The number of amides is 1. The molecule has 3 rings (SSSR count). The van der Waals surface area contributed by atoms with Crippen molar-refractivity contribution in [1.29, 1.82) is 0 Å². The van der Waals surface area contributed by atoms with E-state index in [1.165, 1.54) is 17.5 Å². The van der Waals surface area contributed by atoms with E-state index < -0.39 is 0 Å². The lowest BCUT2D eigenvalue weighted by Gasteiger charge is -2.34. The molecule has 2 aliphatic rings. The predicted octanol–water partition coefficient (Wildman–Crippen LogP) is 2.38. The van der Waals surface area contributed by atoms with Gasteiger partial charge in [-0.2, -0.15) is 0 Å². The molecule has 1 heterocycles. The van der Waals surface area contributed by atoms with Crippen LogP contribution in [0.15, 0.2) is 18.2 Å². The quantitative estimate of drug-likeness (QED) is 0.859. The molecule has 1 unspecified atom stereocenters. The number of piperazine rings is 1. The first-order chi connectivity index (χ1) is 10.6. The van der Waals surface area contributed by atoms with Gasteiger partial charge in [0.15, 0.2) is 5.78 Å². The highest BCUT2D eigenvalue weighted by Crippen LogP contribution is 2.23. The summed E-state index contributed by atoms with van der Waals surface area (Å²) in [6, 6.07) is 6.25. The Bertz CT molecular complexity index is 588. The fourth-order valence-electron chi connectivity index (χ4n) is 3.47. The molecule has 1 aliphatic carbocycles. The van der Waals surface area contributed by atoms with E-state index in [4.69, 9.17) is 0 Å². The zero-order chi connectivity index (χ0) is 15.5. The smallest absolute Gasteiger partial charge is 0.223 e. The fraction of sp³-hybridized carbons (Fsp3) is 0.556. The highest BCUT2D eigenvalue weighted by molar-refractivity contribution is 5.98. The SMILES string of the molecule is CC1CNCCN1C(=O)CCC(=O)c1ccc2c(c1)CCC2.Cl. The van der Waals surface area contributed by atoms with Gasteiger partial charge in [0.05, 0.1) is 0 Å². The van der Waals surface area contributed by atoms with Crippen LogP contribution < -0.4 is 5.32 Å². The largest absolute Gasteiger partial charge is 0.337 e. The van der Waals surface area contributed by atoms with Crippen LogP contribution in [0.2, 0.25) is 0 Å². The minimum absolute atomic E-state index is 0. The van der Waals surface area contributed by atoms with Gasteiger partial charge >= 0.3 is 0 Å². The second-order valence-electron chi connectivity index (χ2n) is 6.40. The monoisotopic (exact) mass is 336 g/mol. The van der Waals surface area contributed by atoms with E-state index in [-0.39, 0.29) is 30.1 Å². The zero-order valence-electron chi connectivity index (χ0n) is 13.6. The maximum absolute atomic E-state index is 12.3. The number of carbonyl (C=O) groups is 2. The van der Waals surface area contributed by atoms with Gasteiger partial charge in [-0.25, -0.2) is 0 Å². The molecule has 1 aromatic carbocycles. The Labute approximate surface area is 144 Å². The van der Waals surface area contributed by atoms with E-state index >= 15 is 0 Å². The van der Waals surface area contributed by atoms with Crippen LogP contribution in [0.5, 0.6) is 0 Å². The van der Waals surface area contributed by atoms with E-state index in [1.54, 1.807) is 0 Å². The number of halogens is 1. The second kappa shape index (κ2) is 7.93. The van der Waals surface area contributed by atoms with Crippen molar-refractivity contribution in [1.82, 2.24) is 10.2 Å². The number of rotatable bonds is 4. The van der Waals surface area contributed by atoms with Crippen molar-refractivity contribution < 1.29 is 9.59 Å². The van der Waals surface area contributed by atoms with Crippen molar-refractivity contribution in [3.63, 3.8) is 0 Å². The lowest BCUT2D eigenvalue weighted by atomic mass is 10.0. The average Bonchev–Trinajstić information content (AvgIpc) is 3.00. The molecular weight excluding hydrogens is 312 g/mol. The molecule has 0 saturated carbocycles. The van der Waals surface area contributed by atoms with E-state index in [0.717, 1.165) is 38.0 Å². The first-order valence-corrected chi connectivity index (χ1v) is 8.30. The highest BCUT2D eigenvalue weighted by Gasteiger charge is 2.23. The van der Waals surface area contributed by atoms with Gasteiger partial charge in [0.2, 0.25) is 5.91 Å². The molecule has 0 bridgehead atoms. The number of hydrogen-bond donors (Lipinski definition) is 1. The van der Waals surface area contributed by atoms with E-state index in [0.29, 0.717) is 12.8 Å². The van der Waals surface area contributed by atoms with Crippen molar-refractivity contribution in [3.05, 3.63) is 34.9 Å². The summed E-state index contributed by atoms with van der Waals surface area (Å²) in [4.78, 5) is 26.5. The summed E-state index contributed by atoms with van der Waals surface area (Å²) in [5, 5.41) is 3.27. The average molecular weight is 337 g/mol. The molecule has 1 amide bonds. The van der Waals surface area contributed by atoms with Crippen LogP contribution in [-0.2, 0) is 17.6 Å². The second-order valence-corrected chi connectivity index (χ2v) is 6.40. The molecule has 0 spiro atoms. The number of ketones is 1. The van der Waals surface area contributed by atoms with Gasteiger partial charge in [0.1, 0.15) is 0 Å². The summed E-state index contributed by atoms with van der Waals surface area (Å²) in [6.07, 6.45) is 4.03. The molecule has 126 valence electrons. The topological polar surface area (TPSA) is 49.4 Å². The molecule has 4 nitrogen and oxygen atoms in total. The van der Waals surface area contributed by atoms with Crippen molar-refractivity contribution in [3.8, 4) is 0 Å². The Morgan fingerprint density at radius 2 is 2.00 bits per heavy atom. The van der Waals surface area contributed by atoms with Crippen molar-refractivity contribution in [2.75, 3.05) is 19.6 Å². The van der Waals surface area contributed by atoms with Crippen LogP contribution >= 0.6 is 12.4 Å². The number of benzene rings is 1. The highest BCUT2D eigenvalue weighted by atomic mass is 35.5. The summed E-state index contributed by atoms with van der Waals surface area (Å²) in [5.74, 6) is 0.189. The van der Waals surface area contributed by atoms with Gasteiger partial charge in [0.25, 0.3) is 0 Å². The van der Waals surface area contributed by atoms with Crippen LogP contribution in [0.3, 0.4) is 0 Å². The maximum Gasteiger partial charge on any atom is 0.223 e. The van der Waals surface area contributed by atoms with Crippen LogP contribution in [-0.4, -0.2) is 42.3 Å². The number of hydrogen-bond acceptors (Lipinski definition) is 3. The Morgan fingerprint density at radius 1 is 1.22 bits per heavy atom. The Kier molecular flexibility index (Phi) is 6.19. The van der Waals surface area contributed by atoms with Crippen molar-refractivity contribution in [2.45, 2.75) is 45.1 Å². The van der Waals surface area contributed by atoms with Gasteiger partial charge in [-0.3, -0.25) is 9.59 Å². The van der Waals surface area contributed by atoms with E-state index in [9.17, 15) is 9.59 Å². The van der Waals surface area contributed by atoms with Gasteiger partial charge in [-0.05, 0) is 43.4 Å². The number of Topliss-reactive ketones (excluding diaryl/α,β-unsaturated/α-hetero) is 1. The third-order valence-electron chi connectivity index (χ3n) is 4.81. The molecule has 0 aromatic heterocycles. The molecule has 5 heteroatoms. The van der Waals surface area contributed by atoms with Crippen molar-refractivity contribution >= 4 is 24.1 Å². The first kappa shape index (κ1) is 18.0. The Morgan fingerprint density at radius 3 is 2.78 bits per heavy atom. The summed E-state index contributed by atoms with van der Waals surface area (Å²) in [5.41, 5.74) is 3.46. The number of fused-ring (bicyclic) bond motifs is 1. The van der Waals surface area contributed by atoms with Gasteiger partial charge in [-0.15, -0.1) is 12.4 Å². The van der Waals surface area contributed by atoms with Crippen LogP contribution in [0.1, 0.15) is 47.7 Å². The molecular formula is C18H25ClN2O2. The Hall–Kier alpha value is -1.39. The molecule has 1 N–H and O–H groups in total. The van der Waals surface area contributed by atoms with Crippen LogP contribution in [0.4, 0.5) is 0 Å². The lowest BCUT2D eigenvalue weighted by Crippen LogP contribution is -2.52. The van der Waals surface area contributed by atoms with Gasteiger partial charge in [0, 0.05) is 44.1 Å². The van der Waals surface area contributed by atoms with E-state index in [1.807, 2.05) is 24.0 Å². The lowest BCUT2D eigenvalue weighted by molar-refractivity contribution is -0.133. The third-order valence-corrected chi connectivity index (χ3v) is 4.81. The predicted molar refractivity (Wildman–Crippen MR) is 93.3 cm³/mol. The number of nitrogens with zero attached hydrogens (tertiary/aromatic N) is 1. The minimum Gasteiger partial charge on any atom is -0.337 e. The molecule has 0 radical (unpaired) electrons. The number of aryl methyl sites for hydroxylation is 2. The molecule has 1 aromatic rings. The fourth-order valence-corrected chi connectivity index (χ4v) is 3.47. The van der Waals surface area contributed by atoms with Crippen LogP contribution in [0.25, 0.3) is 0 Å². The molecule has 1 fully saturated rings. The van der Waals surface area contributed by atoms with Gasteiger partial charge in [-0.1, -0.05) is 12.1 Å². The normalized spacial score (nSPS) is 19.9. The Balaban J connectivity index is 0.00000192. The van der Waals surface area contributed by atoms with Gasteiger partial charge < -0.3 is 10.2 Å². The summed E-state index contributed by atoms with van der Waals surface area (Å²) in [6.45, 7) is 4.47. The standard InChI is InChI=1S/C18H24N2O2.ClH/c1-13-12-19-9-10-20(13)18(22)8-7-17(21)16-6-5-14-3-2-4-15(14)11-16;/h5-6,11,13,19H,2-4,7-10,12H2,1H3;1H. The minimum atomic E-state index is 0. The third kappa shape index (κ3) is 4.12. The summed E-state index contributed by atoms with van der Waals surface area (Å²) in [7, 11) is 0. The number of carbonyl (C=O) groups excluding carboxylic acids is 2. The summed E-state index contributed by atoms with van der Waals surface area (Å²) < 4.78 is 0. The molecule has 1 aliphatic heterocycles. The van der Waals surface area contributed by atoms with Crippen LogP contribution in [0, 0.1) is 0 Å². The number of nitrogens with one attached hydrogen (secondary N) is 1. The zero-order valence-corrected chi connectivity index (χ0v) is 14.5. The molecule has 23 heavy (non-hydrogen) atoms. The molecule has 1 atom stereocenters. The summed E-state index contributed by atoms with van der Waals surface area (Å²) >= 11 is 0. The molecule has 1 saturated heterocycles.